The minimum Gasteiger partial charge on any atom is -0.444 e. The van der Waals surface area contributed by atoms with Crippen LogP contribution in [0.2, 0.25) is 0 Å². The Hall–Kier alpha value is -3.25. The summed E-state index contributed by atoms with van der Waals surface area (Å²) in [5.74, 6) is -0.137. The van der Waals surface area contributed by atoms with Crippen molar-refractivity contribution in [3.05, 3.63) is 86.0 Å². The summed E-state index contributed by atoms with van der Waals surface area (Å²) in [6.07, 6.45) is 2.90. The van der Waals surface area contributed by atoms with Gasteiger partial charge >= 0.3 is 11.8 Å². The second kappa shape index (κ2) is 13.7. The number of halogens is 1. The third-order valence-corrected chi connectivity index (χ3v) is 6.56. The van der Waals surface area contributed by atoms with Gasteiger partial charge in [0.25, 0.3) is 5.91 Å². The fraction of sp³-hybridized carbons (Fsp3) is 0.379. The third-order valence-electron chi connectivity index (χ3n) is 5.77. The molecule has 1 aromatic heterocycles. The van der Waals surface area contributed by atoms with E-state index in [0.717, 1.165) is 18.4 Å². The Morgan fingerprint density at radius 1 is 1.10 bits per heavy atom. The smallest absolute Gasteiger partial charge is 0.410 e. The second-order valence-corrected chi connectivity index (χ2v) is 11.2. The molecule has 0 radical (unpaired) electrons. The maximum Gasteiger partial charge on any atom is 0.410 e. The number of methoxy groups -OCH3 is 1. The zero-order chi connectivity index (χ0) is 28.6. The molecule has 1 atom stereocenters. The SMILES string of the molecule is CCC[C@H](COC)N(Cc1ccc(-n2cc(I)c(NC(=O)c3ccccc3)nc2=O)cc1)C(=O)OC(C)(C)C. The lowest BCUT2D eigenvalue weighted by atomic mass is 10.1. The van der Waals surface area contributed by atoms with Gasteiger partial charge in [0.1, 0.15) is 5.60 Å². The molecule has 0 aliphatic heterocycles. The lowest BCUT2D eigenvalue weighted by Gasteiger charge is -2.33. The minimum atomic E-state index is -0.624. The Balaban J connectivity index is 1.81. The van der Waals surface area contributed by atoms with E-state index in [9.17, 15) is 14.4 Å². The number of hydrogen-bond donors (Lipinski definition) is 1. The van der Waals surface area contributed by atoms with Crippen molar-refractivity contribution in [2.75, 3.05) is 19.0 Å². The number of ether oxygens (including phenoxy) is 2. The van der Waals surface area contributed by atoms with E-state index in [1.807, 2.05) is 61.6 Å². The molecule has 1 N–H and O–H groups in total. The number of aromatic nitrogens is 2. The van der Waals surface area contributed by atoms with Gasteiger partial charge in [-0.05, 0) is 79.6 Å². The summed E-state index contributed by atoms with van der Waals surface area (Å²) in [4.78, 5) is 44.2. The Labute approximate surface area is 242 Å². The molecular formula is C29H35IN4O5. The van der Waals surface area contributed by atoms with Gasteiger partial charge in [-0.15, -0.1) is 0 Å². The molecule has 2 aromatic carbocycles. The van der Waals surface area contributed by atoms with Gasteiger partial charge in [0.15, 0.2) is 5.82 Å². The van der Waals surface area contributed by atoms with Crippen LogP contribution < -0.4 is 11.0 Å². The fourth-order valence-electron chi connectivity index (χ4n) is 3.95. The van der Waals surface area contributed by atoms with Gasteiger partial charge in [0.05, 0.1) is 21.9 Å². The van der Waals surface area contributed by atoms with Crippen LogP contribution in [-0.4, -0.2) is 51.8 Å². The average Bonchev–Trinajstić information content (AvgIpc) is 2.89. The lowest BCUT2D eigenvalue weighted by molar-refractivity contribution is 0.00196. The van der Waals surface area contributed by atoms with E-state index in [-0.39, 0.29) is 17.8 Å². The van der Waals surface area contributed by atoms with Crippen LogP contribution in [0.25, 0.3) is 5.69 Å². The topological polar surface area (TPSA) is 103 Å². The van der Waals surface area contributed by atoms with Crippen LogP contribution in [0.3, 0.4) is 0 Å². The number of amides is 2. The maximum absolute atomic E-state index is 13.1. The quantitative estimate of drug-likeness (QED) is 0.286. The number of nitrogens with zero attached hydrogens (tertiary/aromatic N) is 3. The van der Waals surface area contributed by atoms with E-state index in [1.54, 1.807) is 54.6 Å². The first-order valence-electron chi connectivity index (χ1n) is 12.8. The second-order valence-electron chi connectivity index (χ2n) is 10.1. The molecule has 10 heteroatoms. The van der Waals surface area contributed by atoms with Crippen molar-refractivity contribution in [3.8, 4) is 5.69 Å². The fourth-order valence-corrected chi connectivity index (χ4v) is 4.49. The van der Waals surface area contributed by atoms with Crippen molar-refractivity contribution in [2.45, 2.75) is 58.7 Å². The Morgan fingerprint density at radius 3 is 2.36 bits per heavy atom. The summed E-state index contributed by atoms with van der Waals surface area (Å²) >= 11 is 2.04. The number of hydrogen-bond acceptors (Lipinski definition) is 6. The van der Waals surface area contributed by atoms with Crippen LogP contribution in [0.4, 0.5) is 10.6 Å². The highest BCUT2D eigenvalue weighted by Gasteiger charge is 2.28. The van der Waals surface area contributed by atoms with Gasteiger partial charge in [-0.25, -0.2) is 9.59 Å². The number of benzene rings is 2. The summed E-state index contributed by atoms with van der Waals surface area (Å²) in [5.41, 5.74) is 0.818. The molecule has 39 heavy (non-hydrogen) atoms. The molecule has 0 spiro atoms. The summed E-state index contributed by atoms with van der Waals surface area (Å²) < 4.78 is 13.1. The van der Waals surface area contributed by atoms with Crippen molar-refractivity contribution in [1.82, 2.24) is 14.5 Å². The highest BCUT2D eigenvalue weighted by molar-refractivity contribution is 14.1. The highest BCUT2D eigenvalue weighted by atomic mass is 127. The van der Waals surface area contributed by atoms with Crippen LogP contribution >= 0.6 is 22.6 Å². The first kappa shape index (κ1) is 30.3. The Morgan fingerprint density at radius 2 is 1.77 bits per heavy atom. The number of anilines is 1. The van der Waals surface area contributed by atoms with Gasteiger partial charge < -0.3 is 14.8 Å². The van der Waals surface area contributed by atoms with E-state index < -0.39 is 17.4 Å². The minimum absolute atomic E-state index is 0.137. The van der Waals surface area contributed by atoms with E-state index in [0.29, 0.717) is 28.0 Å². The summed E-state index contributed by atoms with van der Waals surface area (Å²) in [7, 11) is 1.62. The van der Waals surface area contributed by atoms with Crippen molar-refractivity contribution in [3.63, 3.8) is 0 Å². The van der Waals surface area contributed by atoms with Gasteiger partial charge in [-0.2, -0.15) is 4.98 Å². The van der Waals surface area contributed by atoms with Crippen LogP contribution in [0, 0.1) is 3.57 Å². The molecule has 0 unspecified atom stereocenters. The zero-order valence-electron chi connectivity index (χ0n) is 22.9. The molecule has 0 aliphatic rings. The number of rotatable bonds is 10. The van der Waals surface area contributed by atoms with E-state index in [2.05, 4.69) is 17.2 Å². The van der Waals surface area contributed by atoms with Crippen LogP contribution in [0.1, 0.15) is 56.5 Å². The molecule has 0 fully saturated rings. The molecule has 0 saturated carbocycles. The molecule has 3 aromatic rings. The first-order chi connectivity index (χ1) is 18.5. The summed E-state index contributed by atoms with van der Waals surface area (Å²) in [6.45, 7) is 8.32. The lowest BCUT2D eigenvalue weighted by Crippen LogP contribution is -2.45. The standard InChI is InChI=1S/C29H35IN4O5/c1-6-10-23(19-38-5)34(28(37)39-29(2,3)4)17-20-13-15-22(16-14-20)33-18-24(30)25(32-27(33)36)31-26(35)21-11-8-7-9-12-21/h7-9,11-16,18,23H,6,10,17,19H2,1-5H3,(H,31,32,35,36)/t23-/m1/s1. The molecule has 0 bridgehead atoms. The molecule has 1 heterocycles. The number of carbonyl (C=O) groups is 2. The third kappa shape index (κ3) is 8.62. The molecule has 2 amide bonds. The van der Waals surface area contributed by atoms with Crippen molar-refractivity contribution >= 4 is 40.4 Å². The number of nitrogens with one attached hydrogen (secondary N) is 1. The van der Waals surface area contributed by atoms with E-state index in [1.165, 1.54) is 4.57 Å². The molecule has 9 nitrogen and oxygen atoms in total. The zero-order valence-corrected chi connectivity index (χ0v) is 25.1. The Kier molecular flexibility index (Phi) is 10.6. The van der Waals surface area contributed by atoms with Crippen LogP contribution in [-0.2, 0) is 16.0 Å². The van der Waals surface area contributed by atoms with Crippen molar-refractivity contribution in [1.29, 1.82) is 0 Å². The van der Waals surface area contributed by atoms with Crippen molar-refractivity contribution in [2.24, 2.45) is 0 Å². The summed E-state index contributed by atoms with van der Waals surface area (Å²) in [6, 6.07) is 15.9. The molecule has 208 valence electrons. The van der Waals surface area contributed by atoms with E-state index >= 15 is 0 Å². The van der Waals surface area contributed by atoms with E-state index in [4.69, 9.17) is 9.47 Å². The van der Waals surface area contributed by atoms with Gasteiger partial charge in [0, 0.05) is 25.4 Å². The summed E-state index contributed by atoms with van der Waals surface area (Å²) in [5, 5.41) is 2.70. The predicted molar refractivity (Wildman–Crippen MR) is 159 cm³/mol. The first-order valence-corrected chi connectivity index (χ1v) is 13.8. The molecular weight excluding hydrogens is 611 g/mol. The monoisotopic (exact) mass is 646 g/mol. The van der Waals surface area contributed by atoms with Crippen molar-refractivity contribution < 1.29 is 19.1 Å². The molecule has 3 rings (SSSR count). The largest absolute Gasteiger partial charge is 0.444 e. The molecule has 0 saturated heterocycles. The van der Waals surface area contributed by atoms with Crippen LogP contribution in [0.15, 0.2) is 65.6 Å². The average molecular weight is 647 g/mol. The van der Waals surface area contributed by atoms with Gasteiger partial charge in [-0.1, -0.05) is 43.7 Å². The van der Waals surface area contributed by atoms with Gasteiger partial charge in [0.2, 0.25) is 0 Å². The van der Waals surface area contributed by atoms with Gasteiger partial charge in [-0.3, -0.25) is 14.3 Å². The van der Waals surface area contributed by atoms with Crippen LogP contribution in [0.5, 0.6) is 0 Å². The molecule has 0 aliphatic carbocycles. The maximum atomic E-state index is 13.1. The Bertz CT molecular complexity index is 1310. The number of carbonyl (C=O) groups excluding carboxylic acids is 2. The highest BCUT2D eigenvalue weighted by Crippen LogP contribution is 2.20. The predicted octanol–water partition coefficient (Wildman–Crippen LogP) is 5.64. The normalized spacial score (nSPS) is 12.1.